The quantitative estimate of drug-likeness (QED) is 0.664. The molecule has 1 fully saturated rings. The van der Waals surface area contributed by atoms with Crippen LogP contribution in [0.1, 0.15) is 24.0 Å². The average Bonchev–Trinajstić information content (AvgIpc) is 3.02. The number of halogens is 2. The Bertz CT molecular complexity index is 860. The minimum Gasteiger partial charge on any atom is -0.370 e. The van der Waals surface area contributed by atoms with E-state index in [1.54, 1.807) is 23.1 Å². The Balaban J connectivity index is 1.82. The molecule has 2 heterocycles. The van der Waals surface area contributed by atoms with Gasteiger partial charge in [0.2, 0.25) is 0 Å². The Hall–Kier alpha value is -2.09. The summed E-state index contributed by atoms with van der Waals surface area (Å²) in [6.07, 6.45) is 1.00. The molecule has 0 aliphatic carbocycles. The number of carbonyl (C=O) groups excluding carboxylic acids is 1. The van der Waals surface area contributed by atoms with Crippen molar-refractivity contribution < 1.29 is 4.79 Å². The van der Waals surface area contributed by atoms with Crippen molar-refractivity contribution in [3.05, 3.63) is 45.8 Å². The van der Waals surface area contributed by atoms with Crippen LogP contribution < -0.4 is 15.5 Å². The van der Waals surface area contributed by atoms with Crippen molar-refractivity contribution in [2.24, 2.45) is 0 Å². The fraction of sp³-hybridized carbons (Fsp3) is 0.421. The smallest absolute Gasteiger partial charge is 0.322 e. The minimum absolute atomic E-state index is 0.214. The average molecular weight is 423 g/mol. The molecule has 2 N–H and O–H groups in total. The third-order valence-electron chi connectivity index (χ3n) is 4.42. The highest BCUT2D eigenvalue weighted by Gasteiger charge is 2.35. The normalized spacial score (nSPS) is 16.6. The second kappa shape index (κ2) is 8.94. The number of carbonyl (C=O) groups is 1. The maximum Gasteiger partial charge on any atom is 0.322 e. The van der Waals surface area contributed by atoms with Gasteiger partial charge in [0, 0.05) is 30.5 Å². The first-order chi connectivity index (χ1) is 13.3. The lowest BCUT2D eigenvalue weighted by atomic mass is 10.2. The van der Waals surface area contributed by atoms with Crippen molar-refractivity contribution in [1.82, 2.24) is 20.2 Å². The molecule has 2 aromatic rings. The van der Waals surface area contributed by atoms with Crippen molar-refractivity contribution in [2.75, 3.05) is 43.9 Å². The van der Waals surface area contributed by atoms with Crippen LogP contribution in [0.15, 0.2) is 24.3 Å². The predicted molar refractivity (Wildman–Crippen MR) is 114 cm³/mol. The number of anilines is 2. The summed E-state index contributed by atoms with van der Waals surface area (Å²) in [5, 5.41) is 7.04. The SMILES string of the molecule is Cc1cc(NCCCN(C)C)nc(C2CNC(=O)N2c2ccc(Cl)c(Cl)c2)n1. The van der Waals surface area contributed by atoms with Crippen LogP contribution in [0.25, 0.3) is 0 Å². The first kappa shape index (κ1) is 20.6. The van der Waals surface area contributed by atoms with Gasteiger partial charge in [-0.05, 0) is 52.2 Å². The van der Waals surface area contributed by atoms with E-state index in [9.17, 15) is 4.79 Å². The minimum atomic E-state index is -0.327. The number of rotatable bonds is 7. The van der Waals surface area contributed by atoms with Crippen LogP contribution in [0, 0.1) is 6.92 Å². The van der Waals surface area contributed by atoms with Gasteiger partial charge in [0.05, 0.1) is 10.0 Å². The molecule has 9 heteroatoms. The number of amides is 2. The number of aromatic nitrogens is 2. The summed E-state index contributed by atoms with van der Waals surface area (Å²) < 4.78 is 0. The summed E-state index contributed by atoms with van der Waals surface area (Å²) in [6.45, 7) is 4.15. The number of urea groups is 1. The Kier molecular flexibility index (Phi) is 6.59. The summed E-state index contributed by atoms with van der Waals surface area (Å²) in [7, 11) is 4.10. The highest BCUT2D eigenvalue weighted by atomic mass is 35.5. The largest absolute Gasteiger partial charge is 0.370 e. The van der Waals surface area contributed by atoms with Crippen molar-refractivity contribution in [3.8, 4) is 0 Å². The van der Waals surface area contributed by atoms with Gasteiger partial charge in [-0.3, -0.25) is 4.90 Å². The van der Waals surface area contributed by atoms with Gasteiger partial charge in [-0.2, -0.15) is 0 Å². The standard InChI is InChI=1S/C19H24Cl2N6O/c1-12-9-17(22-7-4-8-26(2)3)25-18(24-12)16-11-23-19(28)27(16)13-5-6-14(20)15(21)10-13/h5-6,9-10,16H,4,7-8,11H2,1-3H3,(H,23,28)(H,22,24,25). The maximum absolute atomic E-state index is 12.5. The predicted octanol–water partition coefficient (Wildman–Crippen LogP) is 3.73. The molecular formula is C19H24Cl2N6O. The molecule has 28 heavy (non-hydrogen) atoms. The van der Waals surface area contributed by atoms with E-state index >= 15 is 0 Å². The second-order valence-electron chi connectivity index (χ2n) is 7.01. The van der Waals surface area contributed by atoms with Gasteiger partial charge in [0.25, 0.3) is 0 Å². The van der Waals surface area contributed by atoms with E-state index in [2.05, 4.69) is 39.6 Å². The zero-order valence-corrected chi connectivity index (χ0v) is 17.7. The second-order valence-corrected chi connectivity index (χ2v) is 7.82. The van der Waals surface area contributed by atoms with E-state index in [-0.39, 0.29) is 12.1 Å². The molecule has 2 amide bonds. The van der Waals surface area contributed by atoms with Crippen LogP contribution in [0.3, 0.4) is 0 Å². The van der Waals surface area contributed by atoms with Crippen LogP contribution in [0.2, 0.25) is 10.0 Å². The molecule has 1 aromatic heterocycles. The molecule has 1 atom stereocenters. The lowest BCUT2D eigenvalue weighted by molar-refractivity contribution is 0.251. The van der Waals surface area contributed by atoms with Crippen molar-refractivity contribution in [3.63, 3.8) is 0 Å². The van der Waals surface area contributed by atoms with E-state index in [0.717, 1.165) is 31.0 Å². The number of nitrogens with one attached hydrogen (secondary N) is 2. The third kappa shape index (κ3) is 4.84. The van der Waals surface area contributed by atoms with Crippen molar-refractivity contribution in [1.29, 1.82) is 0 Å². The van der Waals surface area contributed by atoms with Crippen molar-refractivity contribution >= 4 is 40.7 Å². The topological polar surface area (TPSA) is 73.4 Å². The first-order valence-electron chi connectivity index (χ1n) is 9.11. The van der Waals surface area contributed by atoms with Gasteiger partial charge in [0.1, 0.15) is 11.9 Å². The molecule has 7 nitrogen and oxygen atoms in total. The molecule has 0 spiro atoms. The molecule has 1 aromatic carbocycles. The van der Waals surface area contributed by atoms with Gasteiger partial charge in [-0.15, -0.1) is 0 Å². The van der Waals surface area contributed by atoms with Gasteiger partial charge in [-0.1, -0.05) is 23.2 Å². The molecule has 1 saturated heterocycles. The molecule has 0 radical (unpaired) electrons. The van der Waals surface area contributed by atoms with Crippen LogP contribution in [-0.2, 0) is 0 Å². The zero-order chi connectivity index (χ0) is 20.3. The Morgan fingerprint density at radius 3 is 2.75 bits per heavy atom. The van der Waals surface area contributed by atoms with E-state index in [1.165, 1.54) is 0 Å². The van der Waals surface area contributed by atoms with Gasteiger partial charge >= 0.3 is 6.03 Å². The summed E-state index contributed by atoms with van der Waals surface area (Å²) in [6, 6.07) is 6.49. The number of aryl methyl sites for hydroxylation is 1. The molecule has 1 unspecified atom stereocenters. The lowest BCUT2D eigenvalue weighted by Gasteiger charge is -2.23. The van der Waals surface area contributed by atoms with E-state index in [4.69, 9.17) is 23.2 Å². The summed E-state index contributed by atoms with van der Waals surface area (Å²) in [5.74, 6) is 1.34. The molecular weight excluding hydrogens is 399 g/mol. The van der Waals surface area contributed by atoms with Crippen LogP contribution >= 0.6 is 23.2 Å². The molecule has 150 valence electrons. The van der Waals surface area contributed by atoms with E-state index < -0.39 is 0 Å². The zero-order valence-electron chi connectivity index (χ0n) is 16.2. The fourth-order valence-electron chi connectivity index (χ4n) is 3.08. The molecule has 0 bridgehead atoms. The Labute approximate surface area is 175 Å². The third-order valence-corrected chi connectivity index (χ3v) is 5.16. The van der Waals surface area contributed by atoms with E-state index in [0.29, 0.717) is 28.1 Å². The maximum atomic E-state index is 12.5. The molecule has 1 aliphatic rings. The monoisotopic (exact) mass is 422 g/mol. The molecule has 1 aliphatic heterocycles. The van der Waals surface area contributed by atoms with Gasteiger partial charge < -0.3 is 15.5 Å². The lowest BCUT2D eigenvalue weighted by Crippen LogP contribution is -2.30. The van der Waals surface area contributed by atoms with Gasteiger partial charge in [0.15, 0.2) is 5.82 Å². The fourth-order valence-corrected chi connectivity index (χ4v) is 3.38. The van der Waals surface area contributed by atoms with Gasteiger partial charge in [-0.25, -0.2) is 14.8 Å². The van der Waals surface area contributed by atoms with Crippen LogP contribution in [0.4, 0.5) is 16.3 Å². The Morgan fingerprint density at radius 1 is 1.25 bits per heavy atom. The first-order valence-corrected chi connectivity index (χ1v) is 9.87. The van der Waals surface area contributed by atoms with E-state index in [1.807, 2.05) is 13.0 Å². The molecule has 0 saturated carbocycles. The number of hydrogen-bond acceptors (Lipinski definition) is 5. The molecule has 3 rings (SSSR count). The number of hydrogen-bond donors (Lipinski definition) is 2. The summed E-state index contributed by atoms with van der Waals surface area (Å²) in [4.78, 5) is 25.4. The Morgan fingerprint density at radius 2 is 2.04 bits per heavy atom. The van der Waals surface area contributed by atoms with Crippen molar-refractivity contribution in [2.45, 2.75) is 19.4 Å². The highest BCUT2D eigenvalue weighted by molar-refractivity contribution is 6.42. The van der Waals surface area contributed by atoms with Crippen LogP contribution in [-0.4, -0.2) is 54.6 Å². The highest BCUT2D eigenvalue weighted by Crippen LogP contribution is 2.33. The number of benzene rings is 1. The number of nitrogens with zero attached hydrogens (tertiary/aromatic N) is 4. The summed E-state index contributed by atoms with van der Waals surface area (Å²) in [5.41, 5.74) is 1.49. The summed E-state index contributed by atoms with van der Waals surface area (Å²) >= 11 is 12.2. The van der Waals surface area contributed by atoms with Crippen LogP contribution in [0.5, 0.6) is 0 Å².